The lowest BCUT2D eigenvalue weighted by atomic mass is 9.85. The van der Waals surface area contributed by atoms with Gasteiger partial charge in [0.05, 0.1) is 28.6 Å². The van der Waals surface area contributed by atoms with E-state index in [9.17, 15) is 0 Å². The largest absolute Gasteiger partial charge is 0.490 e. The number of nitrogens with zero attached hydrogens (tertiary/aromatic N) is 3. The zero-order chi connectivity index (χ0) is 16.2. The fourth-order valence-electron chi connectivity index (χ4n) is 2.96. The highest BCUT2D eigenvalue weighted by Crippen LogP contribution is 2.34. The van der Waals surface area contributed by atoms with Gasteiger partial charge < -0.3 is 4.74 Å². The van der Waals surface area contributed by atoms with Crippen molar-refractivity contribution >= 4 is 11.6 Å². The molecule has 1 aliphatic carbocycles. The van der Waals surface area contributed by atoms with E-state index in [-0.39, 0.29) is 6.10 Å². The highest BCUT2D eigenvalue weighted by molar-refractivity contribution is 6.31. The van der Waals surface area contributed by atoms with Gasteiger partial charge in [-0.05, 0) is 43.9 Å². The van der Waals surface area contributed by atoms with Crippen molar-refractivity contribution in [2.45, 2.75) is 37.7 Å². The van der Waals surface area contributed by atoms with Crippen molar-refractivity contribution in [2.75, 3.05) is 5.53 Å². The Morgan fingerprint density at radius 3 is 2.70 bits per heavy atom. The van der Waals surface area contributed by atoms with Crippen molar-refractivity contribution in [2.24, 2.45) is 5.84 Å². The number of hydrazine groups is 1. The molecule has 1 saturated carbocycles. The SMILES string of the molecule is N#Cc1ccc(OC2CCC(c3ccn(NN)n3)CC2)cc1Cl. The molecule has 1 aliphatic rings. The number of nitrogens with two attached hydrogens (primary N) is 1. The summed E-state index contributed by atoms with van der Waals surface area (Å²) in [5, 5.41) is 13.7. The van der Waals surface area contributed by atoms with E-state index >= 15 is 0 Å². The van der Waals surface area contributed by atoms with Crippen LogP contribution in [0.1, 0.15) is 42.9 Å². The average molecular weight is 332 g/mol. The number of rotatable bonds is 4. The predicted molar refractivity (Wildman–Crippen MR) is 87.6 cm³/mol. The minimum atomic E-state index is 0.171. The molecule has 1 fully saturated rings. The van der Waals surface area contributed by atoms with Crippen LogP contribution in [0.15, 0.2) is 30.5 Å². The van der Waals surface area contributed by atoms with Gasteiger partial charge in [0.1, 0.15) is 11.8 Å². The standard InChI is InChI=1S/C16H18ClN5O/c17-15-9-14(6-3-12(15)10-18)23-13-4-1-11(2-5-13)16-7-8-22(20-16)21-19/h3,6-9,11,13,21H,1-2,4-5,19H2. The molecule has 0 aliphatic heterocycles. The molecule has 1 heterocycles. The number of halogens is 1. The lowest BCUT2D eigenvalue weighted by molar-refractivity contribution is 0.145. The van der Waals surface area contributed by atoms with Gasteiger partial charge in [-0.25, -0.2) is 11.4 Å². The molecule has 0 bridgehead atoms. The quantitative estimate of drug-likeness (QED) is 0.664. The van der Waals surface area contributed by atoms with Crippen molar-refractivity contribution in [3.63, 3.8) is 0 Å². The molecule has 23 heavy (non-hydrogen) atoms. The molecule has 0 saturated heterocycles. The summed E-state index contributed by atoms with van der Waals surface area (Å²) in [5.41, 5.74) is 4.01. The van der Waals surface area contributed by atoms with E-state index in [1.54, 1.807) is 18.2 Å². The van der Waals surface area contributed by atoms with Crippen LogP contribution in [0.3, 0.4) is 0 Å². The Morgan fingerprint density at radius 2 is 2.09 bits per heavy atom. The molecule has 0 radical (unpaired) electrons. The van der Waals surface area contributed by atoms with Gasteiger partial charge >= 0.3 is 0 Å². The molecule has 0 spiro atoms. The lowest BCUT2D eigenvalue weighted by Gasteiger charge is -2.28. The van der Waals surface area contributed by atoms with Crippen LogP contribution in [0.2, 0.25) is 5.02 Å². The lowest BCUT2D eigenvalue weighted by Crippen LogP contribution is -2.25. The van der Waals surface area contributed by atoms with Gasteiger partial charge in [-0.3, -0.25) is 0 Å². The van der Waals surface area contributed by atoms with Crippen LogP contribution in [-0.2, 0) is 0 Å². The van der Waals surface area contributed by atoms with E-state index in [0.29, 0.717) is 22.3 Å². The second kappa shape index (κ2) is 6.90. The molecule has 1 aromatic carbocycles. The number of ether oxygens (including phenoxy) is 1. The Hall–Kier alpha value is -2.23. The number of aromatic nitrogens is 2. The summed E-state index contributed by atoms with van der Waals surface area (Å²) in [6, 6.07) is 9.23. The van der Waals surface area contributed by atoms with E-state index in [1.165, 1.54) is 4.79 Å². The van der Waals surface area contributed by atoms with E-state index in [1.807, 2.05) is 18.3 Å². The van der Waals surface area contributed by atoms with Gasteiger partial charge in [0.2, 0.25) is 0 Å². The first-order valence-corrected chi connectivity index (χ1v) is 7.96. The zero-order valence-electron chi connectivity index (χ0n) is 12.6. The number of benzene rings is 1. The van der Waals surface area contributed by atoms with Crippen LogP contribution >= 0.6 is 11.6 Å². The maximum absolute atomic E-state index is 8.89. The first kappa shape index (κ1) is 15.7. The molecule has 6 nitrogen and oxygen atoms in total. The number of hydrogen-bond acceptors (Lipinski definition) is 5. The van der Waals surface area contributed by atoms with E-state index in [2.05, 4.69) is 10.6 Å². The summed E-state index contributed by atoms with van der Waals surface area (Å²) in [6.07, 6.45) is 5.96. The van der Waals surface area contributed by atoms with Crippen LogP contribution in [0.5, 0.6) is 5.75 Å². The monoisotopic (exact) mass is 331 g/mol. The van der Waals surface area contributed by atoms with Gasteiger partial charge in [-0.1, -0.05) is 11.6 Å². The third-order valence-corrected chi connectivity index (χ3v) is 4.51. The number of nitriles is 1. The second-order valence-electron chi connectivity index (χ2n) is 5.66. The van der Waals surface area contributed by atoms with Gasteiger partial charge in [0.25, 0.3) is 0 Å². The van der Waals surface area contributed by atoms with Crippen molar-refractivity contribution < 1.29 is 4.74 Å². The fourth-order valence-corrected chi connectivity index (χ4v) is 3.17. The Kier molecular flexibility index (Phi) is 4.70. The van der Waals surface area contributed by atoms with Crippen molar-refractivity contribution in [3.8, 4) is 11.8 Å². The van der Waals surface area contributed by atoms with E-state index < -0.39 is 0 Å². The summed E-state index contributed by atoms with van der Waals surface area (Å²) in [6.45, 7) is 0. The molecular formula is C16H18ClN5O. The summed E-state index contributed by atoms with van der Waals surface area (Å²) in [4.78, 5) is 1.51. The number of nitrogen functional groups attached to an aromatic ring is 1. The third kappa shape index (κ3) is 3.58. The molecule has 1 aromatic heterocycles. The van der Waals surface area contributed by atoms with Crippen LogP contribution < -0.4 is 16.1 Å². The Labute approximate surface area is 139 Å². The summed E-state index contributed by atoms with van der Waals surface area (Å²) >= 11 is 6.04. The van der Waals surface area contributed by atoms with Crippen LogP contribution in [0.25, 0.3) is 0 Å². The van der Waals surface area contributed by atoms with Crippen LogP contribution in [0.4, 0.5) is 0 Å². The minimum Gasteiger partial charge on any atom is -0.490 e. The molecule has 3 N–H and O–H groups in total. The van der Waals surface area contributed by atoms with Crippen molar-refractivity contribution in [1.82, 2.24) is 9.89 Å². The number of hydrogen-bond donors (Lipinski definition) is 2. The summed E-state index contributed by atoms with van der Waals surface area (Å²) in [5.74, 6) is 6.49. The van der Waals surface area contributed by atoms with E-state index in [0.717, 1.165) is 31.4 Å². The van der Waals surface area contributed by atoms with Crippen LogP contribution in [-0.4, -0.2) is 16.0 Å². The van der Waals surface area contributed by atoms with Gasteiger partial charge in [-0.2, -0.15) is 15.2 Å². The Bertz CT molecular complexity index is 716. The first-order valence-electron chi connectivity index (χ1n) is 7.58. The Balaban J connectivity index is 1.57. The van der Waals surface area contributed by atoms with Gasteiger partial charge in [-0.15, -0.1) is 0 Å². The predicted octanol–water partition coefficient (Wildman–Crippen LogP) is 2.93. The highest BCUT2D eigenvalue weighted by Gasteiger charge is 2.25. The summed E-state index contributed by atoms with van der Waals surface area (Å²) in [7, 11) is 0. The van der Waals surface area contributed by atoms with Gasteiger partial charge in [0.15, 0.2) is 0 Å². The topological polar surface area (TPSA) is 88.9 Å². The molecule has 3 rings (SSSR count). The molecular weight excluding hydrogens is 314 g/mol. The second-order valence-corrected chi connectivity index (χ2v) is 6.07. The fraction of sp³-hybridized carbons (Fsp3) is 0.375. The highest BCUT2D eigenvalue weighted by atomic mass is 35.5. The van der Waals surface area contributed by atoms with E-state index in [4.69, 9.17) is 27.4 Å². The zero-order valence-corrected chi connectivity index (χ0v) is 13.3. The molecule has 0 atom stereocenters. The molecule has 0 amide bonds. The normalized spacial score (nSPS) is 20.7. The van der Waals surface area contributed by atoms with Gasteiger partial charge in [0, 0.05) is 12.0 Å². The average Bonchev–Trinajstić information content (AvgIpc) is 3.05. The molecule has 120 valence electrons. The van der Waals surface area contributed by atoms with Crippen LogP contribution in [0, 0.1) is 11.3 Å². The Morgan fingerprint density at radius 1 is 1.30 bits per heavy atom. The third-order valence-electron chi connectivity index (χ3n) is 4.20. The maximum Gasteiger partial charge on any atom is 0.121 e. The maximum atomic E-state index is 8.89. The molecule has 0 unspecified atom stereocenters. The van der Waals surface area contributed by atoms with Crippen molar-refractivity contribution in [3.05, 3.63) is 46.7 Å². The number of nitrogens with one attached hydrogen (secondary N) is 1. The smallest absolute Gasteiger partial charge is 0.121 e. The molecule has 2 aromatic rings. The minimum absolute atomic E-state index is 0.171. The first-order chi connectivity index (χ1) is 11.2. The van der Waals surface area contributed by atoms with Crippen molar-refractivity contribution in [1.29, 1.82) is 5.26 Å². The summed E-state index contributed by atoms with van der Waals surface area (Å²) < 4.78 is 5.99. The molecule has 7 heteroatoms.